The molecule has 26 heavy (non-hydrogen) atoms. The fraction of sp³-hybridized carbons (Fsp3) is 0.158. The molecule has 0 fully saturated rings. The molecule has 3 heterocycles. The van der Waals surface area contributed by atoms with Crippen molar-refractivity contribution in [2.45, 2.75) is 12.8 Å². The quantitative estimate of drug-likeness (QED) is 0.487. The fourth-order valence-electron chi connectivity index (χ4n) is 3.02. The van der Waals surface area contributed by atoms with Crippen LogP contribution in [0.25, 0.3) is 10.9 Å². The number of hydrogen-bond donors (Lipinski definition) is 3. The third-order valence-corrected chi connectivity index (χ3v) is 5.21. The highest BCUT2D eigenvalue weighted by molar-refractivity contribution is 7.10. The summed E-state index contributed by atoms with van der Waals surface area (Å²) in [7, 11) is 0. The van der Waals surface area contributed by atoms with Crippen molar-refractivity contribution in [3.8, 4) is 0 Å². The molecule has 0 spiro atoms. The second-order valence-electron chi connectivity index (χ2n) is 6.02. The number of rotatable bonds is 5. The van der Waals surface area contributed by atoms with Crippen LogP contribution in [0.2, 0.25) is 0 Å². The van der Waals surface area contributed by atoms with Crippen LogP contribution in [0, 0.1) is 6.92 Å². The Morgan fingerprint density at radius 3 is 2.96 bits per heavy atom. The molecule has 4 aromatic rings. The summed E-state index contributed by atoms with van der Waals surface area (Å²) in [5.74, 6) is 1.12. The third-order valence-electron chi connectivity index (χ3n) is 4.22. The number of thiophene rings is 1. The van der Waals surface area contributed by atoms with E-state index in [2.05, 4.69) is 44.4 Å². The molecule has 0 aliphatic rings. The lowest BCUT2D eigenvalue weighted by atomic mass is 9.97. The van der Waals surface area contributed by atoms with Gasteiger partial charge in [0.2, 0.25) is 0 Å². The number of benzene rings is 1. The van der Waals surface area contributed by atoms with Crippen molar-refractivity contribution >= 4 is 34.1 Å². The molecule has 4 rings (SSSR count). The van der Waals surface area contributed by atoms with Crippen LogP contribution >= 0.6 is 11.3 Å². The number of hydrogen-bond acceptors (Lipinski definition) is 4. The van der Waals surface area contributed by atoms with Crippen molar-refractivity contribution in [3.63, 3.8) is 0 Å². The largest absolute Gasteiger partial charge is 0.361 e. The predicted octanol–water partition coefficient (Wildman–Crippen LogP) is 4.48. The number of nitrogens with one attached hydrogen (secondary N) is 3. The van der Waals surface area contributed by atoms with Gasteiger partial charge in [0.25, 0.3) is 0 Å². The first-order valence-electron chi connectivity index (χ1n) is 8.28. The molecule has 3 N–H and O–H groups in total. The first-order valence-corrected chi connectivity index (χ1v) is 9.16. The number of amides is 2. The maximum atomic E-state index is 12.2. The van der Waals surface area contributed by atoms with Gasteiger partial charge in [-0.15, -0.1) is 11.3 Å². The zero-order valence-corrected chi connectivity index (χ0v) is 15.0. The van der Waals surface area contributed by atoms with Crippen molar-refractivity contribution in [2.24, 2.45) is 0 Å². The number of urea groups is 1. The zero-order valence-electron chi connectivity index (χ0n) is 14.2. The smallest absolute Gasteiger partial charge is 0.320 e. The number of carbonyl (C=O) groups excluding carboxylic acids is 1. The van der Waals surface area contributed by atoms with Crippen LogP contribution in [-0.4, -0.2) is 22.7 Å². The summed E-state index contributed by atoms with van der Waals surface area (Å²) in [6.45, 7) is 2.25. The van der Waals surface area contributed by atoms with Gasteiger partial charge < -0.3 is 14.8 Å². The second kappa shape index (κ2) is 7.05. The van der Waals surface area contributed by atoms with Crippen molar-refractivity contribution in [3.05, 3.63) is 70.2 Å². The van der Waals surface area contributed by atoms with Gasteiger partial charge in [0, 0.05) is 40.5 Å². The number of fused-ring (bicyclic) bond motifs is 1. The molecule has 3 aromatic heterocycles. The first kappa shape index (κ1) is 16.4. The number of aromatic nitrogens is 2. The lowest BCUT2D eigenvalue weighted by Crippen LogP contribution is -2.32. The van der Waals surface area contributed by atoms with E-state index in [0.29, 0.717) is 18.1 Å². The Hall–Kier alpha value is -3.06. The van der Waals surface area contributed by atoms with Crippen LogP contribution in [-0.2, 0) is 0 Å². The maximum Gasteiger partial charge on any atom is 0.320 e. The van der Waals surface area contributed by atoms with Crippen LogP contribution in [0.5, 0.6) is 0 Å². The summed E-state index contributed by atoms with van der Waals surface area (Å²) in [4.78, 5) is 16.7. The van der Waals surface area contributed by atoms with Gasteiger partial charge >= 0.3 is 6.03 Å². The molecule has 0 bridgehead atoms. The summed E-state index contributed by atoms with van der Waals surface area (Å²) < 4.78 is 4.96. The van der Waals surface area contributed by atoms with Gasteiger partial charge in [-0.25, -0.2) is 4.79 Å². The lowest BCUT2D eigenvalue weighted by molar-refractivity contribution is 0.251. The molecular formula is C19H18N4O2S. The lowest BCUT2D eigenvalue weighted by Gasteiger charge is -2.16. The van der Waals surface area contributed by atoms with E-state index in [-0.39, 0.29) is 11.9 Å². The number of nitrogens with zero attached hydrogens (tertiary/aromatic N) is 1. The molecule has 0 aliphatic carbocycles. The Balaban J connectivity index is 1.54. The monoisotopic (exact) mass is 366 g/mol. The summed E-state index contributed by atoms with van der Waals surface area (Å²) in [6, 6.07) is 13.7. The molecule has 0 saturated heterocycles. The molecule has 1 aromatic carbocycles. The Morgan fingerprint density at radius 2 is 2.19 bits per heavy atom. The first-order chi connectivity index (χ1) is 12.7. The minimum absolute atomic E-state index is 0.0657. The highest BCUT2D eigenvalue weighted by Crippen LogP contribution is 2.32. The van der Waals surface area contributed by atoms with Gasteiger partial charge in [0.05, 0.1) is 0 Å². The molecule has 132 valence electrons. The van der Waals surface area contributed by atoms with Crippen molar-refractivity contribution in [2.75, 3.05) is 11.9 Å². The van der Waals surface area contributed by atoms with E-state index in [1.54, 1.807) is 24.3 Å². The van der Waals surface area contributed by atoms with Crippen molar-refractivity contribution < 1.29 is 9.32 Å². The molecular weight excluding hydrogens is 348 g/mol. The van der Waals surface area contributed by atoms with Gasteiger partial charge in [0.1, 0.15) is 5.76 Å². The van der Waals surface area contributed by atoms with Crippen LogP contribution in [0.3, 0.4) is 0 Å². The van der Waals surface area contributed by atoms with Gasteiger partial charge in [-0.05, 0) is 30.0 Å². The summed E-state index contributed by atoms with van der Waals surface area (Å²) in [6.07, 6.45) is 2.02. The minimum atomic E-state index is -0.306. The van der Waals surface area contributed by atoms with Crippen LogP contribution < -0.4 is 10.6 Å². The molecule has 6 nitrogen and oxygen atoms in total. The fourth-order valence-corrected chi connectivity index (χ4v) is 3.86. The molecule has 1 atom stereocenters. The highest BCUT2D eigenvalue weighted by Gasteiger charge is 2.20. The number of anilines is 1. The molecule has 0 saturated carbocycles. The SMILES string of the molecule is Cc1cc(NC(=O)NC[C@@H](c2cccs2)c2c[nH]c3ccccc23)no1. The molecule has 2 amide bonds. The average Bonchev–Trinajstić information content (AvgIpc) is 3.37. The average molecular weight is 366 g/mol. The van der Waals surface area contributed by atoms with Gasteiger partial charge in [-0.3, -0.25) is 5.32 Å². The van der Waals surface area contributed by atoms with Gasteiger partial charge in [0.15, 0.2) is 5.82 Å². The van der Waals surface area contributed by atoms with E-state index < -0.39 is 0 Å². The van der Waals surface area contributed by atoms with E-state index in [9.17, 15) is 4.79 Å². The summed E-state index contributed by atoms with van der Waals surface area (Å²) in [5.41, 5.74) is 2.26. The number of para-hydroxylation sites is 1. The molecule has 7 heteroatoms. The van der Waals surface area contributed by atoms with E-state index in [1.165, 1.54) is 15.8 Å². The zero-order chi connectivity index (χ0) is 17.9. The standard InChI is InChI=1S/C19H18N4O2S/c1-12-9-18(23-25-12)22-19(24)21-11-15(17-7-4-8-26-17)14-10-20-16-6-3-2-5-13(14)16/h2-10,15,20H,11H2,1H3,(H2,21,22,23,24)/t15-/m1/s1. The van der Waals surface area contributed by atoms with E-state index in [4.69, 9.17) is 4.52 Å². The van der Waals surface area contributed by atoms with Crippen molar-refractivity contribution in [1.29, 1.82) is 0 Å². The van der Waals surface area contributed by atoms with Crippen LogP contribution in [0.15, 0.2) is 58.6 Å². The molecule has 0 radical (unpaired) electrons. The van der Waals surface area contributed by atoms with Crippen LogP contribution in [0.4, 0.5) is 10.6 Å². The van der Waals surface area contributed by atoms with E-state index in [0.717, 1.165) is 5.52 Å². The number of aromatic amines is 1. The Kier molecular flexibility index (Phi) is 4.45. The number of H-pyrrole nitrogens is 1. The van der Waals surface area contributed by atoms with Gasteiger partial charge in [-0.1, -0.05) is 29.4 Å². The van der Waals surface area contributed by atoms with E-state index in [1.807, 2.05) is 24.4 Å². The minimum Gasteiger partial charge on any atom is -0.361 e. The Morgan fingerprint density at radius 1 is 1.31 bits per heavy atom. The van der Waals surface area contributed by atoms with Crippen LogP contribution in [0.1, 0.15) is 22.1 Å². The third kappa shape index (κ3) is 3.34. The second-order valence-corrected chi connectivity index (χ2v) is 6.99. The predicted molar refractivity (Wildman–Crippen MR) is 103 cm³/mol. The summed E-state index contributed by atoms with van der Waals surface area (Å²) in [5, 5.41) is 12.6. The number of carbonyl (C=O) groups is 1. The Labute approximate surface area is 154 Å². The highest BCUT2D eigenvalue weighted by atomic mass is 32.1. The molecule has 0 aliphatic heterocycles. The topological polar surface area (TPSA) is 83.0 Å². The van der Waals surface area contributed by atoms with Gasteiger partial charge in [-0.2, -0.15) is 0 Å². The normalized spacial score (nSPS) is 12.2. The maximum absolute atomic E-state index is 12.2. The number of aryl methyl sites for hydroxylation is 1. The van der Waals surface area contributed by atoms with Crippen molar-refractivity contribution in [1.82, 2.24) is 15.5 Å². The molecule has 0 unspecified atom stereocenters. The summed E-state index contributed by atoms with van der Waals surface area (Å²) >= 11 is 1.68. The van der Waals surface area contributed by atoms with E-state index >= 15 is 0 Å². The Bertz CT molecular complexity index is 1020.